The normalized spacial score (nSPS) is 10.8. The Kier molecular flexibility index (Phi) is 5.51. The van der Waals surface area contributed by atoms with Crippen LogP contribution in [0, 0.1) is 0 Å². The molecule has 1 aromatic carbocycles. The Hall–Kier alpha value is -1.23. The van der Waals surface area contributed by atoms with Crippen molar-refractivity contribution in [3.8, 4) is 11.3 Å². The summed E-state index contributed by atoms with van der Waals surface area (Å²) in [6.45, 7) is 4.32. The van der Waals surface area contributed by atoms with Crippen molar-refractivity contribution in [3.05, 3.63) is 40.2 Å². The summed E-state index contributed by atoms with van der Waals surface area (Å²) in [6, 6.07) is 10.4. The number of hydrogen-bond acceptors (Lipinski definition) is 4. The quantitative estimate of drug-likeness (QED) is 0.843. The van der Waals surface area contributed by atoms with Gasteiger partial charge in [-0.05, 0) is 26.9 Å². The van der Waals surface area contributed by atoms with Gasteiger partial charge in [-0.3, -0.25) is 0 Å². The standard InChI is InChI=1S/C15H20N2OS/c1-3-18-11-14-17-15(12-7-5-4-6-8-12)13(19-14)9-10-16-2/h4-8,16H,3,9-11H2,1-2H3. The Morgan fingerprint density at radius 3 is 2.74 bits per heavy atom. The third-order valence-corrected chi connectivity index (χ3v) is 3.91. The van der Waals surface area contributed by atoms with Gasteiger partial charge in [0, 0.05) is 17.0 Å². The number of hydrogen-bond donors (Lipinski definition) is 1. The summed E-state index contributed by atoms with van der Waals surface area (Å²) in [5, 5.41) is 4.26. The van der Waals surface area contributed by atoms with E-state index in [0.717, 1.165) is 30.3 Å². The lowest BCUT2D eigenvalue weighted by molar-refractivity contribution is 0.134. The van der Waals surface area contributed by atoms with Crippen LogP contribution in [0.15, 0.2) is 30.3 Å². The van der Waals surface area contributed by atoms with Gasteiger partial charge in [-0.1, -0.05) is 30.3 Å². The van der Waals surface area contributed by atoms with Crippen LogP contribution in [0.1, 0.15) is 16.8 Å². The molecule has 2 rings (SSSR count). The van der Waals surface area contributed by atoms with Crippen LogP contribution in [0.3, 0.4) is 0 Å². The topological polar surface area (TPSA) is 34.1 Å². The van der Waals surface area contributed by atoms with Gasteiger partial charge in [-0.2, -0.15) is 0 Å². The van der Waals surface area contributed by atoms with Crippen LogP contribution in [0.5, 0.6) is 0 Å². The SMILES string of the molecule is CCOCc1nc(-c2ccccc2)c(CCNC)s1. The van der Waals surface area contributed by atoms with Gasteiger partial charge in [-0.15, -0.1) is 11.3 Å². The lowest BCUT2D eigenvalue weighted by Crippen LogP contribution is -2.09. The lowest BCUT2D eigenvalue weighted by Gasteiger charge is -2.01. The van der Waals surface area contributed by atoms with E-state index in [1.807, 2.05) is 20.0 Å². The highest BCUT2D eigenvalue weighted by atomic mass is 32.1. The van der Waals surface area contributed by atoms with Crippen LogP contribution in [-0.2, 0) is 17.8 Å². The van der Waals surface area contributed by atoms with E-state index in [9.17, 15) is 0 Å². The molecule has 0 saturated heterocycles. The molecule has 1 N–H and O–H groups in total. The summed E-state index contributed by atoms with van der Waals surface area (Å²) >= 11 is 1.76. The van der Waals surface area contributed by atoms with Gasteiger partial charge in [-0.25, -0.2) is 4.98 Å². The zero-order valence-electron chi connectivity index (χ0n) is 11.5. The summed E-state index contributed by atoms with van der Waals surface area (Å²) in [6.07, 6.45) is 1.00. The third kappa shape index (κ3) is 3.86. The third-order valence-electron chi connectivity index (χ3n) is 2.82. The van der Waals surface area contributed by atoms with Crippen molar-refractivity contribution in [2.45, 2.75) is 20.0 Å². The first kappa shape index (κ1) is 14.2. The molecule has 0 atom stereocenters. The molecule has 0 bridgehead atoms. The van der Waals surface area contributed by atoms with Gasteiger partial charge in [0.15, 0.2) is 0 Å². The molecule has 1 aromatic heterocycles. The largest absolute Gasteiger partial charge is 0.375 e. The van der Waals surface area contributed by atoms with E-state index in [2.05, 4.69) is 29.6 Å². The Labute approximate surface area is 118 Å². The Bertz CT molecular complexity index is 496. The van der Waals surface area contributed by atoms with Gasteiger partial charge in [0.2, 0.25) is 0 Å². The van der Waals surface area contributed by atoms with E-state index in [0.29, 0.717) is 6.61 Å². The summed E-state index contributed by atoms with van der Waals surface area (Å²) < 4.78 is 5.46. The second-order valence-corrected chi connectivity index (χ2v) is 5.40. The van der Waals surface area contributed by atoms with Crippen molar-refractivity contribution in [2.24, 2.45) is 0 Å². The monoisotopic (exact) mass is 276 g/mol. The van der Waals surface area contributed by atoms with E-state index >= 15 is 0 Å². The summed E-state index contributed by atoms with van der Waals surface area (Å²) in [4.78, 5) is 6.07. The maximum Gasteiger partial charge on any atom is 0.119 e. The van der Waals surface area contributed by atoms with Crippen LogP contribution in [0.25, 0.3) is 11.3 Å². The minimum Gasteiger partial charge on any atom is -0.375 e. The molecule has 3 nitrogen and oxygen atoms in total. The first-order valence-electron chi connectivity index (χ1n) is 6.61. The average molecular weight is 276 g/mol. The molecule has 0 fully saturated rings. The molecule has 0 amide bonds. The van der Waals surface area contributed by atoms with Gasteiger partial charge in [0.05, 0.1) is 12.3 Å². The summed E-state index contributed by atoms with van der Waals surface area (Å²) in [5.74, 6) is 0. The number of likely N-dealkylation sites (N-methyl/N-ethyl adjacent to an activating group) is 1. The summed E-state index contributed by atoms with van der Waals surface area (Å²) in [5.41, 5.74) is 2.29. The highest BCUT2D eigenvalue weighted by molar-refractivity contribution is 7.12. The second-order valence-electron chi connectivity index (χ2n) is 4.24. The van der Waals surface area contributed by atoms with E-state index in [1.54, 1.807) is 11.3 Å². The van der Waals surface area contributed by atoms with Crippen molar-refractivity contribution in [2.75, 3.05) is 20.2 Å². The number of rotatable bonds is 7. The van der Waals surface area contributed by atoms with Crippen molar-refractivity contribution in [1.82, 2.24) is 10.3 Å². The molecule has 0 unspecified atom stereocenters. The molecule has 1 heterocycles. The van der Waals surface area contributed by atoms with Crippen LogP contribution in [-0.4, -0.2) is 25.2 Å². The maximum absolute atomic E-state index is 5.46. The smallest absolute Gasteiger partial charge is 0.119 e. The first-order valence-corrected chi connectivity index (χ1v) is 7.43. The van der Waals surface area contributed by atoms with Crippen LogP contribution in [0.2, 0.25) is 0 Å². The van der Waals surface area contributed by atoms with Crippen LogP contribution >= 0.6 is 11.3 Å². The fourth-order valence-electron chi connectivity index (χ4n) is 1.88. The Morgan fingerprint density at radius 2 is 2.05 bits per heavy atom. The van der Waals surface area contributed by atoms with Crippen LogP contribution in [0.4, 0.5) is 0 Å². The summed E-state index contributed by atoms with van der Waals surface area (Å²) in [7, 11) is 1.98. The van der Waals surface area contributed by atoms with Crippen molar-refractivity contribution in [1.29, 1.82) is 0 Å². The molecule has 0 aliphatic rings. The number of thiazole rings is 1. The molecular formula is C15H20N2OS. The van der Waals surface area contributed by atoms with Gasteiger partial charge in [0.1, 0.15) is 5.01 Å². The zero-order chi connectivity index (χ0) is 13.5. The second kappa shape index (κ2) is 7.38. The molecule has 0 radical (unpaired) electrons. The highest BCUT2D eigenvalue weighted by Gasteiger charge is 2.12. The molecule has 0 saturated carbocycles. The lowest BCUT2D eigenvalue weighted by atomic mass is 10.1. The fraction of sp³-hybridized carbons (Fsp3) is 0.400. The molecule has 0 aliphatic carbocycles. The predicted molar refractivity (Wildman–Crippen MR) is 80.5 cm³/mol. The number of benzene rings is 1. The van der Waals surface area contributed by atoms with Crippen molar-refractivity contribution >= 4 is 11.3 Å². The number of ether oxygens (including phenoxy) is 1. The number of nitrogens with zero attached hydrogens (tertiary/aromatic N) is 1. The molecule has 19 heavy (non-hydrogen) atoms. The molecular weight excluding hydrogens is 256 g/mol. The van der Waals surface area contributed by atoms with Gasteiger partial charge in [0.25, 0.3) is 0 Å². The van der Waals surface area contributed by atoms with E-state index in [4.69, 9.17) is 9.72 Å². The predicted octanol–water partition coefficient (Wildman–Crippen LogP) is 3.11. The molecule has 0 aliphatic heterocycles. The fourth-order valence-corrected chi connectivity index (χ4v) is 2.91. The molecule has 2 aromatic rings. The molecule has 102 valence electrons. The Balaban J connectivity index is 2.25. The zero-order valence-corrected chi connectivity index (χ0v) is 12.3. The number of nitrogens with one attached hydrogen (secondary N) is 1. The first-order chi connectivity index (χ1) is 9.35. The van der Waals surface area contributed by atoms with Crippen LogP contribution < -0.4 is 5.32 Å². The molecule has 0 spiro atoms. The maximum atomic E-state index is 5.46. The highest BCUT2D eigenvalue weighted by Crippen LogP contribution is 2.28. The van der Waals surface area contributed by atoms with E-state index in [1.165, 1.54) is 10.4 Å². The van der Waals surface area contributed by atoms with E-state index in [-0.39, 0.29) is 0 Å². The Morgan fingerprint density at radius 1 is 1.26 bits per heavy atom. The van der Waals surface area contributed by atoms with Crippen molar-refractivity contribution < 1.29 is 4.74 Å². The number of aromatic nitrogens is 1. The minimum atomic E-state index is 0.612. The van der Waals surface area contributed by atoms with Crippen molar-refractivity contribution in [3.63, 3.8) is 0 Å². The van der Waals surface area contributed by atoms with Gasteiger partial charge < -0.3 is 10.1 Å². The molecule has 4 heteroatoms. The van der Waals surface area contributed by atoms with E-state index < -0.39 is 0 Å². The van der Waals surface area contributed by atoms with Gasteiger partial charge >= 0.3 is 0 Å². The minimum absolute atomic E-state index is 0.612. The average Bonchev–Trinajstić information content (AvgIpc) is 2.87.